The van der Waals surface area contributed by atoms with Crippen LogP contribution in [0.25, 0.3) is 0 Å². The molecule has 0 aromatic heterocycles. The molecule has 0 saturated carbocycles. The summed E-state index contributed by atoms with van der Waals surface area (Å²) in [7, 11) is 4.23. The van der Waals surface area contributed by atoms with Crippen molar-refractivity contribution in [2.24, 2.45) is 40.9 Å². The lowest BCUT2D eigenvalue weighted by Gasteiger charge is -2.10. The molecular weight excluding hydrogens is 408 g/mol. The number of hydrogen-bond acceptors (Lipinski definition) is 5. The fraction of sp³-hybridized carbons (Fsp3) is 1.00. The van der Waals surface area contributed by atoms with E-state index in [0.29, 0.717) is 12.5 Å². The Bertz CT molecular complexity index is 263. The summed E-state index contributed by atoms with van der Waals surface area (Å²) in [5.41, 5.74) is 15.7. The Morgan fingerprint density at radius 3 is 1.09 bits per heavy atom. The number of nitrogens with two attached hydrogens (primary N) is 3. The van der Waals surface area contributed by atoms with Gasteiger partial charge >= 0.3 is 0 Å². The van der Waals surface area contributed by atoms with Gasteiger partial charge in [-0.3, -0.25) is 0 Å². The number of rotatable bonds is 11. The van der Waals surface area contributed by atoms with E-state index in [1.165, 1.54) is 25.8 Å². The van der Waals surface area contributed by atoms with Gasteiger partial charge in [-0.05, 0) is 89.5 Å². The fourth-order valence-corrected chi connectivity index (χ4v) is 2.02. The van der Waals surface area contributed by atoms with Gasteiger partial charge in [-0.2, -0.15) is 0 Å². The summed E-state index contributed by atoms with van der Waals surface area (Å²) >= 11 is 0. The Hall–Kier alpha value is -0.200. The minimum atomic E-state index is -0.296. The van der Waals surface area contributed by atoms with Crippen LogP contribution in [0.15, 0.2) is 0 Å². The zero-order chi connectivity index (χ0) is 23.8. The maximum atomic E-state index is 8.90. The van der Waals surface area contributed by atoms with E-state index in [1.807, 2.05) is 0 Å². The lowest BCUT2D eigenvalue weighted by Crippen LogP contribution is -2.21. The van der Waals surface area contributed by atoms with Gasteiger partial charge in [-0.15, -0.1) is 0 Å². The van der Waals surface area contributed by atoms with E-state index in [2.05, 4.69) is 74.4 Å². The molecule has 0 aliphatic carbocycles. The second kappa shape index (κ2) is 42.0. The van der Waals surface area contributed by atoms with Crippen LogP contribution in [-0.2, 0) is 0 Å². The summed E-state index contributed by atoms with van der Waals surface area (Å²) in [6.45, 7) is 20.7. The Labute approximate surface area is 214 Å². The minimum Gasteiger partial charge on any atom is -0.392 e. The van der Waals surface area contributed by atoms with Crippen LogP contribution in [0.3, 0.4) is 0 Å². The van der Waals surface area contributed by atoms with E-state index in [9.17, 15) is 0 Å². The molecule has 0 heterocycles. The molecule has 33 heavy (non-hydrogen) atoms. The quantitative estimate of drug-likeness (QED) is 0.256. The van der Waals surface area contributed by atoms with Crippen molar-refractivity contribution < 1.29 is 5.11 Å². The number of aliphatic hydroxyl groups is 1. The monoisotopic (exact) mass is 485 g/mol. The summed E-state index contributed by atoms with van der Waals surface area (Å²) in [5.74, 6) is 2.99. The molecular formula is C28H76N4O. The smallest absolute Gasteiger partial charge is 0.0664 e. The van der Waals surface area contributed by atoms with Crippen molar-refractivity contribution in [1.82, 2.24) is 4.90 Å². The molecule has 0 fully saturated rings. The van der Waals surface area contributed by atoms with Gasteiger partial charge in [0.25, 0.3) is 0 Å². The van der Waals surface area contributed by atoms with Crippen molar-refractivity contribution in [3.63, 3.8) is 0 Å². The molecule has 0 amide bonds. The van der Waals surface area contributed by atoms with Crippen LogP contribution < -0.4 is 17.2 Å². The molecule has 0 aromatic carbocycles. The topological polar surface area (TPSA) is 102 Å². The van der Waals surface area contributed by atoms with Crippen LogP contribution in [0.1, 0.15) is 117 Å². The molecule has 214 valence electrons. The van der Waals surface area contributed by atoms with Gasteiger partial charge in [0.15, 0.2) is 0 Å². The summed E-state index contributed by atoms with van der Waals surface area (Å²) < 4.78 is 0. The molecule has 0 rings (SSSR count). The molecule has 0 aliphatic heterocycles. The molecule has 5 heteroatoms. The summed E-state index contributed by atoms with van der Waals surface area (Å²) in [4.78, 5) is 2.22. The zero-order valence-electron chi connectivity index (χ0n) is 21.9. The zero-order valence-corrected chi connectivity index (χ0v) is 21.9. The van der Waals surface area contributed by atoms with Crippen molar-refractivity contribution in [2.75, 3.05) is 40.3 Å². The van der Waals surface area contributed by atoms with Crippen molar-refractivity contribution in [1.29, 1.82) is 0 Å². The summed E-state index contributed by atoms with van der Waals surface area (Å²) in [6, 6.07) is 0. The Balaban J connectivity index is -0.0000000407. The normalized spacial score (nSPS) is 10.3. The summed E-state index contributed by atoms with van der Waals surface area (Å²) in [5, 5.41) is 8.90. The van der Waals surface area contributed by atoms with Gasteiger partial charge in [0.1, 0.15) is 0 Å². The first-order chi connectivity index (χ1) is 13.3. The molecule has 0 radical (unpaired) electrons. The molecule has 0 bridgehead atoms. The van der Waals surface area contributed by atoms with Gasteiger partial charge < -0.3 is 27.2 Å². The number of nitrogens with zero attached hydrogens (tertiary/aromatic N) is 1. The van der Waals surface area contributed by atoms with Gasteiger partial charge in [-0.25, -0.2) is 0 Å². The molecule has 0 spiro atoms. The first kappa shape index (κ1) is 53.9. The SMILES string of the molecule is C.C.C.C.CC(C)CC(O)CN.CC(C)CCCN.CC(C)CCN.CC(C)CCN(C)C. The third-order valence-electron chi connectivity index (χ3n) is 3.90. The molecule has 1 atom stereocenters. The molecule has 0 saturated heterocycles. The van der Waals surface area contributed by atoms with E-state index in [0.717, 1.165) is 43.7 Å². The largest absolute Gasteiger partial charge is 0.392 e. The highest BCUT2D eigenvalue weighted by Gasteiger charge is 2.02. The van der Waals surface area contributed by atoms with Crippen molar-refractivity contribution in [3.8, 4) is 0 Å². The first-order valence-electron chi connectivity index (χ1n) is 11.8. The van der Waals surface area contributed by atoms with Crippen molar-refractivity contribution >= 4 is 0 Å². The highest BCUT2D eigenvalue weighted by Crippen LogP contribution is 2.02. The number of aliphatic hydroxyl groups excluding tert-OH is 1. The predicted octanol–water partition coefficient (Wildman–Crippen LogP) is 6.86. The van der Waals surface area contributed by atoms with Gasteiger partial charge in [-0.1, -0.05) is 85.1 Å². The average Bonchev–Trinajstić information content (AvgIpc) is 2.59. The van der Waals surface area contributed by atoms with Crippen LogP contribution in [0.4, 0.5) is 0 Å². The standard InChI is InChI=1S/C7H17N.C6H15NO.C6H15N.C5H13N.4CH4/c1-7(2)5-6-8(3)4;1-5(2)3-6(8)4-7;1-6(2)4-3-5-7;1-5(2)3-4-6;;;;/h7H,5-6H2,1-4H3;5-6,8H,3-4,7H2,1-2H3;6H,3-5,7H2,1-2H3;5H,3-4,6H2,1-2H3;4*1H4. The first-order valence-corrected chi connectivity index (χ1v) is 11.8. The lowest BCUT2D eigenvalue weighted by molar-refractivity contribution is 0.157. The predicted molar refractivity (Wildman–Crippen MR) is 161 cm³/mol. The highest BCUT2D eigenvalue weighted by molar-refractivity contribution is 4.57. The average molecular weight is 485 g/mol. The van der Waals surface area contributed by atoms with E-state index in [-0.39, 0.29) is 35.8 Å². The van der Waals surface area contributed by atoms with E-state index in [4.69, 9.17) is 22.3 Å². The molecule has 0 aliphatic rings. The van der Waals surface area contributed by atoms with Crippen LogP contribution >= 0.6 is 0 Å². The third kappa shape index (κ3) is 89.1. The van der Waals surface area contributed by atoms with E-state index in [1.54, 1.807) is 0 Å². The van der Waals surface area contributed by atoms with Crippen molar-refractivity contribution in [3.05, 3.63) is 0 Å². The highest BCUT2D eigenvalue weighted by atomic mass is 16.3. The second-order valence-electron chi connectivity index (χ2n) is 9.80. The minimum absolute atomic E-state index is 0. The van der Waals surface area contributed by atoms with Crippen LogP contribution in [0, 0.1) is 23.7 Å². The Kier molecular flexibility index (Phi) is 68.6. The van der Waals surface area contributed by atoms with Crippen LogP contribution in [0.5, 0.6) is 0 Å². The maximum Gasteiger partial charge on any atom is 0.0664 e. The van der Waals surface area contributed by atoms with Crippen LogP contribution in [0.2, 0.25) is 0 Å². The van der Waals surface area contributed by atoms with Gasteiger partial charge in [0.05, 0.1) is 6.10 Å². The summed E-state index contributed by atoms with van der Waals surface area (Å²) in [6.07, 6.45) is 5.44. The van der Waals surface area contributed by atoms with E-state index < -0.39 is 0 Å². The van der Waals surface area contributed by atoms with Crippen LogP contribution in [-0.4, -0.2) is 56.4 Å². The van der Waals surface area contributed by atoms with E-state index >= 15 is 0 Å². The molecule has 7 N–H and O–H groups in total. The lowest BCUT2D eigenvalue weighted by atomic mass is 10.1. The number of hydrogen-bond donors (Lipinski definition) is 4. The van der Waals surface area contributed by atoms with Crippen molar-refractivity contribution in [2.45, 2.75) is 123 Å². The Morgan fingerprint density at radius 2 is 1.00 bits per heavy atom. The third-order valence-corrected chi connectivity index (χ3v) is 3.90. The molecule has 1 unspecified atom stereocenters. The Morgan fingerprint density at radius 1 is 0.606 bits per heavy atom. The maximum absolute atomic E-state index is 8.90. The van der Waals surface area contributed by atoms with Gasteiger partial charge in [0.2, 0.25) is 0 Å². The second-order valence-corrected chi connectivity index (χ2v) is 9.80. The molecule has 0 aromatic rings. The van der Waals surface area contributed by atoms with Gasteiger partial charge in [0, 0.05) is 6.54 Å². The molecule has 5 nitrogen and oxygen atoms in total. The fourth-order valence-electron chi connectivity index (χ4n) is 2.02.